The van der Waals surface area contributed by atoms with Gasteiger partial charge in [0.05, 0.1) is 18.9 Å². The van der Waals surface area contributed by atoms with Gasteiger partial charge < -0.3 is 30.9 Å². The second kappa shape index (κ2) is 11.2. The molecule has 39 heavy (non-hydrogen) atoms. The number of hydrogen-bond acceptors (Lipinski definition) is 9. The number of aliphatic hydroxyl groups is 2. The zero-order chi connectivity index (χ0) is 27.6. The average Bonchev–Trinajstić information content (AvgIpc) is 2.89. The molecule has 210 valence electrons. The molecule has 12 heteroatoms. The molecule has 3 unspecified atom stereocenters. The number of anilines is 2. The third-order valence-electron chi connectivity index (χ3n) is 8.38. The molecule has 0 amide bonds. The lowest BCUT2D eigenvalue weighted by molar-refractivity contribution is -0.274. The highest BCUT2D eigenvalue weighted by Gasteiger charge is 2.55. The van der Waals surface area contributed by atoms with E-state index in [0.29, 0.717) is 53.8 Å². The minimum Gasteiger partial charge on any atom is -0.405 e. The lowest BCUT2D eigenvalue weighted by atomic mass is 9.48. The Hall–Kier alpha value is -3.14. The summed E-state index contributed by atoms with van der Waals surface area (Å²) in [6, 6.07) is 8.31. The molecule has 1 aromatic carbocycles. The molecule has 4 bridgehead atoms. The Morgan fingerprint density at radius 1 is 1.15 bits per heavy atom. The fraction of sp³-hybridized carbons (Fsp3) is 0.593. The van der Waals surface area contributed by atoms with Crippen molar-refractivity contribution in [2.75, 3.05) is 30.3 Å². The van der Waals surface area contributed by atoms with Crippen LogP contribution < -0.4 is 20.7 Å². The van der Waals surface area contributed by atoms with Crippen molar-refractivity contribution in [2.24, 2.45) is 23.2 Å². The predicted octanol–water partition coefficient (Wildman–Crippen LogP) is 3.41. The van der Waals surface area contributed by atoms with E-state index in [1.54, 1.807) is 6.07 Å². The van der Waals surface area contributed by atoms with Crippen molar-refractivity contribution in [1.82, 2.24) is 15.3 Å². The summed E-state index contributed by atoms with van der Waals surface area (Å²) in [5, 5.41) is 38.4. The third kappa shape index (κ3) is 6.37. The van der Waals surface area contributed by atoms with Crippen LogP contribution in [0.15, 0.2) is 30.5 Å². The predicted molar refractivity (Wildman–Crippen MR) is 137 cm³/mol. The van der Waals surface area contributed by atoms with Crippen LogP contribution in [0.4, 0.5) is 24.9 Å². The minimum absolute atomic E-state index is 0.00589. The quantitative estimate of drug-likeness (QED) is 0.287. The number of aliphatic hydroxyl groups excluding tert-OH is 2. The number of para-hydroxylation sites is 1. The van der Waals surface area contributed by atoms with Crippen molar-refractivity contribution in [1.29, 1.82) is 5.26 Å². The molecule has 4 saturated carbocycles. The van der Waals surface area contributed by atoms with Gasteiger partial charge in [0.2, 0.25) is 5.95 Å². The maximum absolute atomic E-state index is 12.8. The van der Waals surface area contributed by atoms with Crippen LogP contribution in [0.3, 0.4) is 0 Å². The fourth-order valence-electron chi connectivity index (χ4n) is 7.08. The molecule has 0 radical (unpaired) electrons. The summed E-state index contributed by atoms with van der Waals surface area (Å²) < 4.78 is 42.4. The van der Waals surface area contributed by atoms with E-state index in [9.17, 15) is 23.5 Å². The Kier molecular flexibility index (Phi) is 7.84. The molecule has 4 aliphatic rings. The molecular formula is C27H33F3N6O3. The van der Waals surface area contributed by atoms with E-state index in [2.05, 4.69) is 36.7 Å². The van der Waals surface area contributed by atoms with Crippen molar-refractivity contribution in [3.8, 4) is 11.8 Å². The molecule has 0 spiro atoms. The van der Waals surface area contributed by atoms with Gasteiger partial charge >= 0.3 is 6.36 Å². The second-order valence-corrected chi connectivity index (χ2v) is 11.2. The van der Waals surface area contributed by atoms with E-state index in [-0.39, 0.29) is 30.3 Å². The van der Waals surface area contributed by atoms with E-state index < -0.39 is 12.5 Å². The van der Waals surface area contributed by atoms with Gasteiger partial charge in [0.15, 0.2) is 0 Å². The number of benzene rings is 1. The van der Waals surface area contributed by atoms with Gasteiger partial charge in [-0.3, -0.25) is 0 Å². The lowest BCUT2D eigenvalue weighted by Gasteiger charge is -2.60. The monoisotopic (exact) mass is 546 g/mol. The first kappa shape index (κ1) is 27.4. The summed E-state index contributed by atoms with van der Waals surface area (Å²) in [6.07, 6.45) is 1.36. The van der Waals surface area contributed by atoms with Crippen molar-refractivity contribution in [3.63, 3.8) is 0 Å². The first-order valence-electron chi connectivity index (χ1n) is 13.3. The van der Waals surface area contributed by atoms with Gasteiger partial charge in [0, 0.05) is 31.2 Å². The molecule has 4 aliphatic carbocycles. The normalized spacial score (nSPS) is 28.1. The van der Waals surface area contributed by atoms with Gasteiger partial charge in [0.1, 0.15) is 23.2 Å². The maximum atomic E-state index is 12.8. The standard InChI is InChI=1S/C27H33F3N6O3/c28-27(29,30)39-22-4-2-1-3-17(22)11-33-25-34-12-20(10-31)24(36-25)35-15-26-7-16-5-18(8-26)23(19(6-16)9-26)32-13-21(38)14-37/h1-4,12,16,18-19,21,23,32,37-38H,5-9,11,13-15H2,(H2,33,34,35,36)/t16?,18-,19+,21?,23+,26?. The smallest absolute Gasteiger partial charge is 0.405 e. The Bertz CT molecular complexity index is 1190. The Morgan fingerprint density at radius 3 is 2.59 bits per heavy atom. The number of halogens is 3. The summed E-state index contributed by atoms with van der Waals surface area (Å²) in [5.74, 6) is 1.94. The van der Waals surface area contributed by atoms with Crippen molar-refractivity contribution >= 4 is 11.8 Å². The van der Waals surface area contributed by atoms with E-state index in [1.807, 2.05) is 0 Å². The molecule has 6 rings (SSSR count). The maximum Gasteiger partial charge on any atom is 0.573 e. The number of alkyl halides is 3. The highest BCUT2D eigenvalue weighted by atomic mass is 19.4. The molecule has 0 aliphatic heterocycles. The summed E-state index contributed by atoms with van der Waals surface area (Å²) in [6.45, 7) is 0.803. The number of rotatable bonds is 11. The van der Waals surface area contributed by atoms with Crippen LogP contribution in [0, 0.1) is 34.5 Å². The van der Waals surface area contributed by atoms with Crippen LogP contribution in [0.1, 0.15) is 43.2 Å². The summed E-state index contributed by atoms with van der Waals surface area (Å²) >= 11 is 0. The second-order valence-electron chi connectivity index (χ2n) is 11.2. The van der Waals surface area contributed by atoms with Gasteiger partial charge in [-0.1, -0.05) is 18.2 Å². The first-order valence-corrected chi connectivity index (χ1v) is 13.3. The molecule has 9 nitrogen and oxygen atoms in total. The number of ether oxygens (including phenoxy) is 1. The number of nitrogens with zero attached hydrogens (tertiary/aromatic N) is 3. The minimum atomic E-state index is -4.80. The van der Waals surface area contributed by atoms with Gasteiger partial charge in [-0.25, -0.2) is 4.98 Å². The molecule has 0 saturated heterocycles. The van der Waals surface area contributed by atoms with Gasteiger partial charge in [-0.15, -0.1) is 13.2 Å². The van der Waals surface area contributed by atoms with Crippen molar-refractivity contribution in [3.05, 3.63) is 41.6 Å². The van der Waals surface area contributed by atoms with Crippen LogP contribution >= 0.6 is 0 Å². The number of aromatic nitrogens is 2. The highest BCUT2D eigenvalue weighted by Crippen LogP contribution is 2.60. The molecule has 1 aromatic heterocycles. The Morgan fingerprint density at radius 2 is 1.90 bits per heavy atom. The molecule has 2 aromatic rings. The fourth-order valence-corrected chi connectivity index (χ4v) is 7.08. The lowest BCUT2D eigenvalue weighted by Crippen LogP contribution is -2.60. The zero-order valence-corrected chi connectivity index (χ0v) is 21.4. The third-order valence-corrected chi connectivity index (χ3v) is 8.38. The summed E-state index contributed by atoms with van der Waals surface area (Å²) in [7, 11) is 0. The number of hydrogen-bond donors (Lipinski definition) is 5. The SMILES string of the molecule is N#Cc1cnc(NCc2ccccc2OC(F)(F)F)nc1NCC12CC3C[C@H](C1)[C@H](NCC(O)CO)[C@@H](C3)C2. The Labute approximate surface area is 224 Å². The zero-order valence-electron chi connectivity index (χ0n) is 21.4. The molecule has 6 atom stereocenters. The summed E-state index contributed by atoms with van der Waals surface area (Å²) in [5.41, 5.74) is 0.674. The van der Waals surface area contributed by atoms with Gasteiger partial charge in [0.25, 0.3) is 0 Å². The molecule has 4 fully saturated rings. The van der Waals surface area contributed by atoms with Crippen LogP contribution in [0.25, 0.3) is 0 Å². The molecular weight excluding hydrogens is 513 g/mol. The van der Waals surface area contributed by atoms with Crippen molar-refractivity contribution < 1.29 is 28.1 Å². The van der Waals surface area contributed by atoms with E-state index in [1.165, 1.54) is 24.4 Å². The molecule has 5 N–H and O–H groups in total. The highest BCUT2D eigenvalue weighted by molar-refractivity contribution is 5.53. The van der Waals surface area contributed by atoms with Gasteiger partial charge in [-0.2, -0.15) is 10.2 Å². The van der Waals surface area contributed by atoms with Crippen LogP contribution in [0.5, 0.6) is 5.75 Å². The number of nitrogens with one attached hydrogen (secondary N) is 3. The molecule has 1 heterocycles. The van der Waals surface area contributed by atoms with Crippen LogP contribution in [0.2, 0.25) is 0 Å². The topological polar surface area (TPSA) is 135 Å². The van der Waals surface area contributed by atoms with Crippen LogP contribution in [-0.4, -0.2) is 58.4 Å². The average molecular weight is 547 g/mol. The van der Waals surface area contributed by atoms with Crippen molar-refractivity contribution in [2.45, 2.75) is 57.2 Å². The number of nitriles is 1. The van der Waals surface area contributed by atoms with E-state index in [4.69, 9.17) is 5.11 Å². The van der Waals surface area contributed by atoms with Gasteiger partial charge in [-0.05, 0) is 61.3 Å². The van der Waals surface area contributed by atoms with E-state index >= 15 is 0 Å². The van der Waals surface area contributed by atoms with Crippen LogP contribution in [-0.2, 0) is 6.54 Å². The Balaban J connectivity index is 1.24. The van der Waals surface area contributed by atoms with E-state index in [0.717, 1.165) is 32.1 Å². The first-order chi connectivity index (χ1) is 18.7. The summed E-state index contributed by atoms with van der Waals surface area (Å²) in [4.78, 5) is 8.63. The largest absolute Gasteiger partial charge is 0.573 e.